The van der Waals surface area contributed by atoms with Crippen LogP contribution in [0.25, 0.3) is 0 Å². The molecule has 0 radical (unpaired) electrons. The van der Waals surface area contributed by atoms with Crippen molar-refractivity contribution in [3.05, 3.63) is 24.2 Å². The highest BCUT2D eigenvalue weighted by molar-refractivity contribution is 6.09. The number of imide groups is 2. The first-order valence-corrected chi connectivity index (χ1v) is 11.6. The maximum Gasteiger partial charge on any atom is 0.334 e. The molecule has 4 unspecified atom stereocenters. The first kappa shape index (κ1) is 21.9. The molecule has 11 nitrogen and oxygen atoms in total. The number of aliphatic hydroxyl groups is 1. The number of nitrogens with one attached hydrogen (secondary N) is 1. The fraction of sp³-hybridized carbons (Fsp3) is 0.636. The molecule has 5 heterocycles. The number of furan rings is 1. The fourth-order valence-electron chi connectivity index (χ4n) is 5.81. The predicted molar refractivity (Wildman–Crippen MR) is 117 cm³/mol. The van der Waals surface area contributed by atoms with Crippen molar-refractivity contribution in [2.45, 2.75) is 76.1 Å². The lowest BCUT2D eigenvalue weighted by Crippen LogP contribution is -2.74. The molecule has 2 N–H and O–H groups in total. The van der Waals surface area contributed by atoms with Gasteiger partial charge in [0.05, 0.1) is 18.9 Å². The number of hydrogen-bond acceptors (Lipinski definition) is 8. The van der Waals surface area contributed by atoms with E-state index in [0.717, 1.165) is 42.7 Å². The lowest BCUT2D eigenvalue weighted by Gasteiger charge is -2.48. The van der Waals surface area contributed by atoms with Gasteiger partial charge in [-0.05, 0) is 45.6 Å². The smallest absolute Gasteiger partial charge is 0.334 e. The monoisotopic (exact) mass is 458 g/mol. The summed E-state index contributed by atoms with van der Waals surface area (Å²) < 4.78 is 5.22. The number of hydrogen-bond donors (Lipinski definition) is 2. The summed E-state index contributed by atoms with van der Waals surface area (Å²) >= 11 is 0. The summed E-state index contributed by atoms with van der Waals surface area (Å²) in [7, 11) is 0. The highest BCUT2D eigenvalue weighted by Crippen LogP contribution is 2.42. The zero-order valence-electron chi connectivity index (χ0n) is 18.9. The van der Waals surface area contributed by atoms with Gasteiger partial charge < -0.3 is 19.3 Å². The molecule has 1 aromatic rings. The molecular weight excluding hydrogens is 428 g/mol. The summed E-state index contributed by atoms with van der Waals surface area (Å²) in [6.07, 6.45) is 7.38. The largest absolute Gasteiger partial charge is 0.472 e. The van der Waals surface area contributed by atoms with Gasteiger partial charge in [0.2, 0.25) is 0 Å². The third-order valence-electron chi connectivity index (χ3n) is 7.51. The lowest BCUT2D eigenvalue weighted by molar-refractivity contribution is -0.152. The predicted octanol–water partition coefficient (Wildman–Crippen LogP) is 1.15. The molecule has 0 aliphatic carbocycles. The molecule has 4 atom stereocenters. The summed E-state index contributed by atoms with van der Waals surface area (Å²) in [5.41, 5.74) is -1.09. The maximum atomic E-state index is 13.2. The molecule has 3 saturated heterocycles. The molecule has 33 heavy (non-hydrogen) atoms. The SMILES string of the molecule is CCN(CC)C(=O)N1C(=O)NC(=O)C2(O)N=CN(C3CC4CCC(C3)N4Cc3ccoc3)C12. The molecule has 0 spiro atoms. The first-order chi connectivity index (χ1) is 15.9. The van der Waals surface area contributed by atoms with Crippen molar-refractivity contribution in [3.8, 4) is 0 Å². The van der Waals surface area contributed by atoms with E-state index in [-0.39, 0.29) is 6.04 Å². The highest BCUT2D eigenvalue weighted by Gasteiger charge is 2.62. The number of carbonyl (C=O) groups excluding carboxylic acids is 3. The van der Waals surface area contributed by atoms with E-state index in [1.807, 2.05) is 19.9 Å². The van der Waals surface area contributed by atoms with Crippen LogP contribution in [-0.2, 0) is 11.3 Å². The molecule has 4 aliphatic rings. The van der Waals surface area contributed by atoms with Gasteiger partial charge in [0.15, 0.2) is 6.17 Å². The van der Waals surface area contributed by atoms with Gasteiger partial charge in [0.25, 0.3) is 11.6 Å². The second-order valence-electron chi connectivity index (χ2n) is 9.19. The molecule has 5 amide bonds. The Morgan fingerprint density at radius 2 is 1.94 bits per heavy atom. The van der Waals surface area contributed by atoms with E-state index >= 15 is 0 Å². The van der Waals surface area contributed by atoms with E-state index in [9.17, 15) is 19.5 Å². The van der Waals surface area contributed by atoms with Gasteiger partial charge in [-0.15, -0.1) is 0 Å². The van der Waals surface area contributed by atoms with Crippen molar-refractivity contribution >= 4 is 24.3 Å². The number of urea groups is 2. The second-order valence-corrected chi connectivity index (χ2v) is 9.19. The standard InChI is InChI=1S/C22H30N6O5/c1-3-25(4-2)21(31)28-19-22(32,18(29)24-20(28)30)23-13-27(19)17-9-15-5-6-16(10-17)26(15)11-14-7-8-33-12-14/h7-8,12-13,15-17,19,32H,3-6,9-11H2,1-2H3,(H,24,29,30). The van der Waals surface area contributed by atoms with Crippen LogP contribution in [0.3, 0.4) is 0 Å². The zero-order chi connectivity index (χ0) is 23.3. The number of amides is 5. The van der Waals surface area contributed by atoms with E-state index in [0.29, 0.717) is 25.2 Å². The Morgan fingerprint density at radius 1 is 1.24 bits per heavy atom. The van der Waals surface area contributed by atoms with Crippen LogP contribution in [0.1, 0.15) is 45.1 Å². The van der Waals surface area contributed by atoms with Crippen LogP contribution in [0.4, 0.5) is 9.59 Å². The van der Waals surface area contributed by atoms with Crippen LogP contribution in [0, 0.1) is 0 Å². The van der Waals surface area contributed by atoms with Crippen LogP contribution >= 0.6 is 0 Å². The molecular formula is C22H30N6O5. The lowest BCUT2D eigenvalue weighted by atomic mass is 9.94. The Bertz CT molecular complexity index is 948. The molecule has 0 aromatic carbocycles. The summed E-state index contributed by atoms with van der Waals surface area (Å²) in [5, 5.41) is 13.3. The third-order valence-corrected chi connectivity index (χ3v) is 7.51. The van der Waals surface area contributed by atoms with Crippen molar-refractivity contribution < 1.29 is 23.9 Å². The minimum absolute atomic E-state index is 0.0587. The van der Waals surface area contributed by atoms with Crippen molar-refractivity contribution in [1.82, 2.24) is 24.9 Å². The number of piperidine rings is 1. The quantitative estimate of drug-likeness (QED) is 0.679. The van der Waals surface area contributed by atoms with Gasteiger partial charge in [-0.3, -0.25) is 15.0 Å². The summed E-state index contributed by atoms with van der Waals surface area (Å²) in [5.74, 6) is -0.903. The summed E-state index contributed by atoms with van der Waals surface area (Å²) in [6.45, 7) is 5.24. The van der Waals surface area contributed by atoms with Gasteiger partial charge in [0.1, 0.15) is 0 Å². The Balaban J connectivity index is 1.40. The van der Waals surface area contributed by atoms with Gasteiger partial charge in [0, 0.05) is 43.3 Å². The number of carbonyl (C=O) groups is 3. The summed E-state index contributed by atoms with van der Waals surface area (Å²) in [4.78, 5) is 49.4. The Kier molecular flexibility index (Phi) is 5.40. The van der Waals surface area contributed by atoms with Crippen molar-refractivity contribution in [2.75, 3.05) is 13.1 Å². The van der Waals surface area contributed by atoms with E-state index < -0.39 is 29.9 Å². The maximum absolute atomic E-state index is 13.2. The first-order valence-electron chi connectivity index (χ1n) is 11.6. The van der Waals surface area contributed by atoms with Crippen LogP contribution in [0.5, 0.6) is 0 Å². The van der Waals surface area contributed by atoms with Crippen molar-refractivity contribution in [2.24, 2.45) is 4.99 Å². The van der Waals surface area contributed by atoms with Crippen LogP contribution in [0.15, 0.2) is 28.0 Å². The summed E-state index contributed by atoms with van der Waals surface area (Å²) in [6, 6.07) is 1.18. The number of nitrogens with zero attached hydrogens (tertiary/aromatic N) is 5. The third kappa shape index (κ3) is 3.41. The van der Waals surface area contributed by atoms with Crippen molar-refractivity contribution in [1.29, 1.82) is 0 Å². The Morgan fingerprint density at radius 3 is 2.55 bits per heavy atom. The molecule has 3 fully saturated rings. The van der Waals surface area contributed by atoms with Crippen LogP contribution in [-0.4, -0.2) is 92.1 Å². The molecule has 178 valence electrons. The second kappa shape index (κ2) is 8.14. The molecule has 1 aromatic heterocycles. The average molecular weight is 459 g/mol. The minimum Gasteiger partial charge on any atom is -0.472 e. The van der Waals surface area contributed by atoms with E-state index in [4.69, 9.17) is 4.42 Å². The van der Waals surface area contributed by atoms with E-state index in [1.54, 1.807) is 17.4 Å². The number of rotatable bonds is 5. The molecule has 2 bridgehead atoms. The number of aliphatic imine (C=N–C) groups is 1. The normalized spacial score (nSPS) is 33.4. The van der Waals surface area contributed by atoms with Gasteiger partial charge in [-0.2, -0.15) is 0 Å². The highest BCUT2D eigenvalue weighted by atomic mass is 16.3. The van der Waals surface area contributed by atoms with Crippen molar-refractivity contribution in [3.63, 3.8) is 0 Å². The van der Waals surface area contributed by atoms with Gasteiger partial charge >= 0.3 is 12.1 Å². The minimum atomic E-state index is -2.22. The molecule has 5 rings (SSSR count). The molecule has 4 aliphatic heterocycles. The average Bonchev–Trinajstić information content (AvgIpc) is 3.48. The van der Waals surface area contributed by atoms with E-state index in [2.05, 4.69) is 15.2 Å². The fourth-order valence-corrected chi connectivity index (χ4v) is 5.81. The zero-order valence-corrected chi connectivity index (χ0v) is 18.9. The van der Waals surface area contributed by atoms with Crippen LogP contribution in [0.2, 0.25) is 0 Å². The molecule has 0 saturated carbocycles. The topological polar surface area (TPSA) is 122 Å². The van der Waals surface area contributed by atoms with Crippen LogP contribution < -0.4 is 5.32 Å². The van der Waals surface area contributed by atoms with Gasteiger partial charge in [-0.1, -0.05) is 0 Å². The Hall–Kier alpha value is -2.92. The number of fused-ring (bicyclic) bond motifs is 3. The Labute approximate surface area is 192 Å². The molecule has 11 heteroatoms. The van der Waals surface area contributed by atoms with E-state index in [1.165, 1.54) is 11.2 Å². The van der Waals surface area contributed by atoms with Gasteiger partial charge in [-0.25, -0.2) is 19.5 Å².